The Labute approximate surface area is 210 Å². The van der Waals surface area contributed by atoms with Crippen molar-refractivity contribution in [3.8, 4) is 22.7 Å². The summed E-state index contributed by atoms with van der Waals surface area (Å²) in [6.07, 6.45) is 3.23. The van der Waals surface area contributed by atoms with Gasteiger partial charge >= 0.3 is 0 Å². The molecule has 0 spiro atoms. The van der Waals surface area contributed by atoms with Crippen molar-refractivity contribution >= 4 is 23.7 Å². The van der Waals surface area contributed by atoms with E-state index in [1.165, 1.54) is 11.0 Å². The minimum atomic E-state index is -0.312. The standard InChI is InChI=1S/C29H28N4O3/c1-3-32(29(35)19-14-22-10-6-4-7-11-22)21-28(34)30-27-20-26(23-12-8-5-9-13-23)31-33(27)24-15-17-25(36-2)18-16-24/h4-20H,3,21H2,1-2H3,(H,30,34)/b19-14+. The molecule has 36 heavy (non-hydrogen) atoms. The van der Waals surface area contributed by atoms with Crippen molar-refractivity contribution in [3.63, 3.8) is 0 Å². The Kier molecular flexibility index (Phi) is 7.93. The molecule has 1 heterocycles. The van der Waals surface area contributed by atoms with Crippen LogP contribution in [0.3, 0.4) is 0 Å². The molecule has 2 amide bonds. The number of rotatable bonds is 9. The number of methoxy groups -OCH3 is 1. The van der Waals surface area contributed by atoms with E-state index in [2.05, 4.69) is 5.32 Å². The van der Waals surface area contributed by atoms with E-state index in [9.17, 15) is 9.59 Å². The lowest BCUT2D eigenvalue weighted by atomic mass is 10.1. The Hall–Kier alpha value is -4.65. The number of nitrogens with zero attached hydrogens (tertiary/aromatic N) is 3. The van der Waals surface area contributed by atoms with Gasteiger partial charge in [-0.1, -0.05) is 60.7 Å². The number of anilines is 1. The van der Waals surface area contributed by atoms with Crippen LogP contribution in [0.1, 0.15) is 12.5 Å². The Morgan fingerprint density at radius 3 is 2.28 bits per heavy atom. The van der Waals surface area contributed by atoms with E-state index in [-0.39, 0.29) is 18.4 Å². The van der Waals surface area contributed by atoms with E-state index >= 15 is 0 Å². The van der Waals surface area contributed by atoms with E-state index in [4.69, 9.17) is 9.84 Å². The Morgan fingerprint density at radius 1 is 0.972 bits per heavy atom. The van der Waals surface area contributed by atoms with Gasteiger partial charge in [-0.3, -0.25) is 9.59 Å². The van der Waals surface area contributed by atoms with Crippen LogP contribution in [0.2, 0.25) is 0 Å². The van der Waals surface area contributed by atoms with Crippen molar-refractivity contribution < 1.29 is 14.3 Å². The Bertz CT molecular complexity index is 1330. The minimum Gasteiger partial charge on any atom is -0.497 e. The van der Waals surface area contributed by atoms with Gasteiger partial charge in [0.15, 0.2) is 0 Å². The number of amides is 2. The summed E-state index contributed by atoms with van der Waals surface area (Å²) in [7, 11) is 1.61. The van der Waals surface area contributed by atoms with Crippen LogP contribution in [0.25, 0.3) is 23.0 Å². The molecule has 0 aliphatic rings. The van der Waals surface area contributed by atoms with Gasteiger partial charge in [0, 0.05) is 24.3 Å². The summed E-state index contributed by atoms with van der Waals surface area (Å²) >= 11 is 0. The number of hydrogen-bond donors (Lipinski definition) is 1. The van der Waals surface area contributed by atoms with Gasteiger partial charge in [-0.2, -0.15) is 5.10 Å². The second-order valence-corrected chi connectivity index (χ2v) is 8.04. The minimum absolute atomic E-state index is 0.0804. The maximum absolute atomic E-state index is 13.0. The van der Waals surface area contributed by atoms with E-state index < -0.39 is 0 Å². The lowest BCUT2D eigenvalue weighted by molar-refractivity contribution is -0.130. The monoisotopic (exact) mass is 480 g/mol. The number of carbonyl (C=O) groups excluding carboxylic acids is 2. The third-order valence-electron chi connectivity index (χ3n) is 5.61. The van der Waals surface area contributed by atoms with Crippen LogP contribution in [-0.2, 0) is 9.59 Å². The number of nitrogens with one attached hydrogen (secondary N) is 1. The summed E-state index contributed by atoms with van der Waals surface area (Å²) in [5.74, 6) is 0.686. The van der Waals surface area contributed by atoms with Crippen molar-refractivity contribution in [2.24, 2.45) is 0 Å². The third-order valence-corrected chi connectivity index (χ3v) is 5.61. The van der Waals surface area contributed by atoms with Gasteiger partial charge in [0.05, 0.1) is 18.5 Å². The fourth-order valence-electron chi connectivity index (χ4n) is 3.68. The average molecular weight is 481 g/mol. The zero-order valence-electron chi connectivity index (χ0n) is 20.3. The van der Waals surface area contributed by atoms with Crippen molar-refractivity contribution in [3.05, 3.63) is 103 Å². The second-order valence-electron chi connectivity index (χ2n) is 8.04. The summed E-state index contributed by atoms with van der Waals surface area (Å²) in [5, 5.41) is 7.66. The first-order valence-corrected chi connectivity index (χ1v) is 11.7. The van der Waals surface area contributed by atoms with Crippen molar-refractivity contribution in [1.29, 1.82) is 0 Å². The van der Waals surface area contributed by atoms with Gasteiger partial charge < -0.3 is 15.0 Å². The molecule has 7 heteroatoms. The molecule has 0 saturated carbocycles. The molecule has 0 saturated heterocycles. The van der Waals surface area contributed by atoms with Crippen LogP contribution in [0.5, 0.6) is 5.75 Å². The van der Waals surface area contributed by atoms with Crippen molar-refractivity contribution in [1.82, 2.24) is 14.7 Å². The molecule has 3 aromatic carbocycles. The molecule has 0 fully saturated rings. The summed E-state index contributed by atoms with van der Waals surface area (Å²) < 4.78 is 6.93. The van der Waals surface area contributed by atoms with Crippen LogP contribution in [0, 0.1) is 0 Å². The number of likely N-dealkylation sites (N-methyl/N-ethyl adjacent to an activating group) is 1. The van der Waals surface area contributed by atoms with E-state index in [1.807, 2.05) is 97.9 Å². The highest BCUT2D eigenvalue weighted by Gasteiger charge is 2.17. The summed E-state index contributed by atoms with van der Waals surface area (Å²) in [4.78, 5) is 27.2. The fourth-order valence-corrected chi connectivity index (χ4v) is 3.68. The lowest BCUT2D eigenvalue weighted by Crippen LogP contribution is -2.37. The molecule has 1 aromatic heterocycles. The number of benzene rings is 3. The number of hydrogen-bond acceptors (Lipinski definition) is 4. The predicted molar refractivity (Wildman–Crippen MR) is 142 cm³/mol. The van der Waals surface area contributed by atoms with E-state index in [1.54, 1.807) is 17.9 Å². The third kappa shape index (κ3) is 6.07. The average Bonchev–Trinajstić information content (AvgIpc) is 3.35. The smallest absolute Gasteiger partial charge is 0.247 e. The molecular weight excluding hydrogens is 452 g/mol. The number of aromatic nitrogens is 2. The van der Waals surface area contributed by atoms with Gasteiger partial charge in [0.25, 0.3) is 0 Å². The molecule has 0 radical (unpaired) electrons. The van der Waals surface area contributed by atoms with Crippen molar-refractivity contribution in [2.45, 2.75) is 6.92 Å². The number of carbonyl (C=O) groups is 2. The quantitative estimate of drug-likeness (QED) is 0.340. The van der Waals surface area contributed by atoms with Gasteiger partial charge in [0.1, 0.15) is 18.1 Å². The van der Waals surface area contributed by atoms with Crippen LogP contribution in [-0.4, -0.2) is 46.7 Å². The van der Waals surface area contributed by atoms with Gasteiger partial charge in [-0.15, -0.1) is 0 Å². The molecule has 4 aromatic rings. The summed E-state index contributed by atoms with van der Waals surface area (Å²) in [5.41, 5.74) is 3.33. The first-order chi connectivity index (χ1) is 17.6. The van der Waals surface area contributed by atoms with Crippen LogP contribution < -0.4 is 10.1 Å². The molecule has 1 N–H and O–H groups in total. The van der Waals surface area contributed by atoms with Gasteiger partial charge in [-0.05, 0) is 42.8 Å². The van der Waals surface area contributed by atoms with Crippen molar-refractivity contribution in [2.75, 3.05) is 25.5 Å². The molecule has 0 atom stereocenters. The molecule has 0 aliphatic carbocycles. The fraction of sp³-hybridized carbons (Fsp3) is 0.138. The molecule has 182 valence electrons. The number of ether oxygens (including phenoxy) is 1. The molecule has 0 unspecified atom stereocenters. The first kappa shape index (κ1) is 24.5. The molecule has 4 rings (SSSR count). The SMILES string of the molecule is CCN(CC(=O)Nc1cc(-c2ccccc2)nn1-c1ccc(OC)cc1)C(=O)/C=C/c1ccccc1. The lowest BCUT2D eigenvalue weighted by Gasteiger charge is -2.19. The second kappa shape index (κ2) is 11.7. The van der Waals surface area contributed by atoms with Gasteiger partial charge in [-0.25, -0.2) is 4.68 Å². The zero-order chi connectivity index (χ0) is 25.3. The highest BCUT2D eigenvalue weighted by atomic mass is 16.5. The highest BCUT2D eigenvalue weighted by molar-refractivity contribution is 5.98. The topological polar surface area (TPSA) is 76.5 Å². The molecule has 7 nitrogen and oxygen atoms in total. The molecular formula is C29H28N4O3. The van der Waals surface area contributed by atoms with E-state index in [0.717, 1.165) is 28.3 Å². The molecule has 0 bridgehead atoms. The maximum atomic E-state index is 13.0. The normalized spacial score (nSPS) is 10.8. The Balaban J connectivity index is 1.54. The maximum Gasteiger partial charge on any atom is 0.247 e. The highest BCUT2D eigenvalue weighted by Crippen LogP contribution is 2.25. The predicted octanol–water partition coefficient (Wildman–Crippen LogP) is 5.05. The summed E-state index contributed by atoms with van der Waals surface area (Å²) in [6.45, 7) is 2.16. The molecule has 0 aliphatic heterocycles. The van der Waals surface area contributed by atoms with Gasteiger partial charge in [0.2, 0.25) is 11.8 Å². The zero-order valence-corrected chi connectivity index (χ0v) is 20.3. The van der Waals surface area contributed by atoms with E-state index in [0.29, 0.717) is 12.4 Å². The van der Waals surface area contributed by atoms with Crippen LogP contribution in [0.15, 0.2) is 97.1 Å². The Morgan fingerprint density at radius 2 is 1.64 bits per heavy atom. The summed E-state index contributed by atoms with van der Waals surface area (Å²) in [6, 6.07) is 28.5. The first-order valence-electron chi connectivity index (χ1n) is 11.7. The van der Waals surface area contributed by atoms with Crippen LogP contribution in [0.4, 0.5) is 5.82 Å². The largest absolute Gasteiger partial charge is 0.497 e. The van der Waals surface area contributed by atoms with Crippen LogP contribution >= 0.6 is 0 Å².